The molecule has 2 rings (SSSR count). The Morgan fingerprint density at radius 1 is 1.33 bits per heavy atom. The van der Waals surface area contributed by atoms with Crippen LogP contribution < -0.4 is 4.90 Å². The number of nitrogens with zero attached hydrogens (tertiary/aromatic N) is 2. The Bertz CT molecular complexity index is 355. The topological polar surface area (TPSA) is 16.1 Å². The molecule has 0 atom stereocenters. The number of rotatable bonds is 5. The molecule has 0 N–H and O–H groups in total. The van der Waals surface area contributed by atoms with Crippen LogP contribution in [-0.2, 0) is 5.33 Å². The van der Waals surface area contributed by atoms with E-state index in [1.54, 1.807) is 0 Å². The van der Waals surface area contributed by atoms with Crippen LogP contribution in [0.2, 0.25) is 0 Å². The van der Waals surface area contributed by atoms with Gasteiger partial charge >= 0.3 is 0 Å². The molecule has 0 aliphatic heterocycles. The van der Waals surface area contributed by atoms with Gasteiger partial charge in [0.2, 0.25) is 0 Å². The summed E-state index contributed by atoms with van der Waals surface area (Å²) in [6.07, 6.45) is 7.40. The van der Waals surface area contributed by atoms with Crippen LogP contribution in [0.25, 0.3) is 0 Å². The number of halogens is 1. The Hall–Kier alpha value is -0.570. The molecule has 1 saturated carbocycles. The van der Waals surface area contributed by atoms with E-state index < -0.39 is 0 Å². The SMILES string of the molecule is CC(C)CN(c1ccc(CBr)cn1)C1CCCC1. The largest absolute Gasteiger partial charge is 0.353 e. The van der Waals surface area contributed by atoms with Crippen LogP contribution in [0.15, 0.2) is 18.3 Å². The highest BCUT2D eigenvalue weighted by molar-refractivity contribution is 9.08. The van der Waals surface area contributed by atoms with Crippen molar-refractivity contribution in [2.75, 3.05) is 11.4 Å². The van der Waals surface area contributed by atoms with Crippen molar-refractivity contribution < 1.29 is 0 Å². The van der Waals surface area contributed by atoms with Gasteiger partial charge in [-0.05, 0) is 30.4 Å². The zero-order chi connectivity index (χ0) is 13.0. The molecule has 0 unspecified atom stereocenters. The van der Waals surface area contributed by atoms with Crippen LogP contribution in [0, 0.1) is 5.92 Å². The summed E-state index contributed by atoms with van der Waals surface area (Å²) in [7, 11) is 0. The van der Waals surface area contributed by atoms with E-state index in [0.717, 1.165) is 17.7 Å². The van der Waals surface area contributed by atoms with Crippen molar-refractivity contribution in [1.82, 2.24) is 4.98 Å². The summed E-state index contributed by atoms with van der Waals surface area (Å²) in [5, 5.41) is 0.883. The van der Waals surface area contributed by atoms with E-state index in [2.05, 4.69) is 51.8 Å². The summed E-state index contributed by atoms with van der Waals surface area (Å²) in [5.74, 6) is 1.84. The molecule has 0 amide bonds. The molecule has 1 fully saturated rings. The molecular weight excluding hydrogens is 288 g/mol. The predicted octanol–water partition coefficient (Wildman–Crippen LogP) is 4.38. The lowest BCUT2D eigenvalue weighted by Crippen LogP contribution is -2.36. The third-order valence-corrected chi connectivity index (χ3v) is 4.23. The molecule has 1 aliphatic rings. The Kier molecular flexibility index (Phi) is 5.04. The van der Waals surface area contributed by atoms with Gasteiger partial charge < -0.3 is 4.90 Å². The van der Waals surface area contributed by atoms with Crippen molar-refractivity contribution in [3.8, 4) is 0 Å². The van der Waals surface area contributed by atoms with Crippen molar-refractivity contribution >= 4 is 21.7 Å². The molecule has 0 aromatic carbocycles. The molecule has 3 heteroatoms. The van der Waals surface area contributed by atoms with Crippen LogP contribution >= 0.6 is 15.9 Å². The molecule has 1 heterocycles. The van der Waals surface area contributed by atoms with Crippen molar-refractivity contribution in [3.05, 3.63) is 23.9 Å². The number of pyridine rings is 1. The van der Waals surface area contributed by atoms with Gasteiger partial charge in [-0.3, -0.25) is 0 Å². The third kappa shape index (κ3) is 3.47. The fraction of sp³-hybridized carbons (Fsp3) is 0.667. The Labute approximate surface area is 119 Å². The molecular formula is C15H23BrN2. The van der Waals surface area contributed by atoms with Gasteiger partial charge in [-0.2, -0.15) is 0 Å². The smallest absolute Gasteiger partial charge is 0.128 e. The number of hydrogen-bond donors (Lipinski definition) is 0. The van der Waals surface area contributed by atoms with Gasteiger partial charge in [0.15, 0.2) is 0 Å². The van der Waals surface area contributed by atoms with Gasteiger partial charge in [-0.25, -0.2) is 4.98 Å². The lowest BCUT2D eigenvalue weighted by atomic mass is 10.1. The second kappa shape index (κ2) is 6.55. The third-order valence-electron chi connectivity index (χ3n) is 3.59. The average molecular weight is 311 g/mol. The Morgan fingerprint density at radius 2 is 2.06 bits per heavy atom. The lowest BCUT2D eigenvalue weighted by molar-refractivity contribution is 0.531. The van der Waals surface area contributed by atoms with Crippen LogP contribution in [0.1, 0.15) is 45.1 Å². The fourth-order valence-electron chi connectivity index (χ4n) is 2.70. The summed E-state index contributed by atoms with van der Waals surface area (Å²) in [6, 6.07) is 5.06. The molecule has 1 aromatic rings. The maximum atomic E-state index is 4.64. The maximum Gasteiger partial charge on any atom is 0.128 e. The second-order valence-electron chi connectivity index (χ2n) is 5.64. The van der Waals surface area contributed by atoms with Gasteiger partial charge in [-0.15, -0.1) is 0 Å². The van der Waals surface area contributed by atoms with E-state index in [9.17, 15) is 0 Å². The molecule has 0 saturated heterocycles. The highest BCUT2D eigenvalue weighted by Gasteiger charge is 2.24. The number of alkyl halides is 1. The normalized spacial score (nSPS) is 16.4. The zero-order valence-electron chi connectivity index (χ0n) is 11.4. The zero-order valence-corrected chi connectivity index (χ0v) is 13.0. The van der Waals surface area contributed by atoms with Gasteiger partial charge in [0.05, 0.1) is 0 Å². The second-order valence-corrected chi connectivity index (χ2v) is 6.20. The first kappa shape index (κ1) is 13.9. The van der Waals surface area contributed by atoms with Crippen molar-refractivity contribution in [1.29, 1.82) is 0 Å². The molecule has 0 spiro atoms. The van der Waals surface area contributed by atoms with E-state index in [0.29, 0.717) is 12.0 Å². The average Bonchev–Trinajstić information content (AvgIpc) is 2.89. The molecule has 0 radical (unpaired) electrons. The van der Waals surface area contributed by atoms with E-state index >= 15 is 0 Å². The van der Waals surface area contributed by atoms with Crippen LogP contribution in [0.4, 0.5) is 5.82 Å². The first-order valence-electron chi connectivity index (χ1n) is 6.98. The first-order valence-corrected chi connectivity index (χ1v) is 8.10. The lowest BCUT2D eigenvalue weighted by Gasteiger charge is -2.31. The quantitative estimate of drug-likeness (QED) is 0.750. The minimum Gasteiger partial charge on any atom is -0.353 e. The minimum atomic E-state index is 0.684. The van der Waals surface area contributed by atoms with Gasteiger partial charge in [0.1, 0.15) is 5.82 Å². The van der Waals surface area contributed by atoms with E-state index in [1.807, 2.05) is 6.20 Å². The molecule has 0 bridgehead atoms. The van der Waals surface area contributed by atoms with Crippen LogP contribution in [-0.4, -0.2) is 17.6 Å². The van der Waals surface area contributed by atoms with Crippen molar-refractivity contribution in [3.63, 3.8) is 0 Å². The molecule has 1 aromatic heterocycles. The number of anilines is 1. The van der Waals surface area contributed by atoms with Crippen LogP contribution in [0.5, 0.6) is 0 Å². The monoisotopic (exact) mass is 310 g/mol. The standard InChI is InChI=1S/C15H23BrN2/c1-12(2)11-18(14-5-3-4-6-14)15-8-7-13(9-16)10-17-15/h7-8,10,12,14H,3-6,9,11H2,1-2H3. The number of aromatic nitrogens is 1. The van der Waals surface area contributed by atoms with Gasteiger partial charge in [0, 0.05) is 24.1 Å². The Morgan fingerprint density at radius 3 is 2.56 bits per heavy atom. The maximum absolute atomic E-state index is 4.64. The summed E-state index contributed by atoms with van der Waals surface area (Å²) in [5.41, 5.74) is 1.25. The van der Waals surface area contributed by atoms with E-state index in [4.69, 9.17) is 0 Å². The molecule has 18 heavy (non-hydrogen) atoms. The Balaban J connectivity index is 2.15. The van der Waals surface area contributed by atoms with Crippen molar-refractivity contribution in [2.45, 2.75) is 50.9 Å². The van der Waals surface area contributed by atoms with Crippen LogP contribution in [0.3, 0.4) is 0 Å². The van der Waals surface area contributed by atoms with Crippen molar-refractivity contribution in [2.24, 2.45) is 5.92 Å². The summed E-state index contributed by atoms with van der Waals surface area (Å²) in [6.45, 7) is 5.69. The summed E-state index contributed by atoms with van der Waals surface area (Å²) >= 11 is 3.47. The highest BCUT2D eigenvalue weighted by atomic mass is 79.9. The molecule has 1 aliphatic carbocycles. The fourth-order valence-corrected chi connectivity index (χ4v) is 3.04. The highest BCUT2D eigenvalue weighted by Crippen LogP contribution is 2.28. The van der Waals surface area contributed by atoms with Gasteiger partial charge in [-0.1, -0.05) is 48.7 Å². The number of hydrogen-bond acceptors (Lipinski definition) is 2. The minimum absolute atomic E-state index is 0.684. The summed E-state index contributed by atoms with van der Waals surface area (Å²) < 4.78 is 0. The predicted molar refractivity (Wildman–Crippen MR) is 81.3 cm³/mol. The first-order chi connectivity index (χ1) is 8.70. The van der Waals surface area contributed by atoms with E-state index in [-0.39, 0.29) is 0 Å². The molecule has 2 nitrogen and oxygen atoms in total. The van der Waals surface area contributed by atoms with Gasteiger partial charge in [0.25, 0.3) is 0 Å². The molecule has 100 valence electrons. The van der Waals surface area contributed by atoms with E-state index in [1.165, 1.54) is 31.2 Å². The summed E-state index contributed by atoms with van der Waals surface area (Å²) in [4.78, 5) is 7.17.